The van der Waals surface area contributed by atoms with Crippen LogP contribution in [-0.2, 0) is 22.1 Å². The van der Waals surface area contributed by atoms with E-state index in [1.807, 2.05) is 4.72 Å². The summed E-state index contributed by atoms with van der Waals surface area (Å²) in [5.74, 6) is -0.932. The number of amides is 2. The van der Waals surface area contributed by atoms with E-state index in [2.05, 4.69) is 5.32 Å². The Balaban J connectivity index is 1.83. The normalized spacial score (nSPS) is 16.8. The van der Waals surface area contributed by atoms with Crippen LogP contribution < -0.4 is 15.8 Å². The third-order valence-electron chi connectivity index (χ3n) is 5.88. The fourth-order valence-corrected chi connectivity index (χ4v) is 5.69. The quantitative estimate of drug-likeness (QED) is 0.533. The highest BCUT2D eigenvalue weighted by atomic mass is 35.5. The Kier molecular flexibility index (Phi) is 7.41. The van der Waals surface area contributed by atoms with Crippen molar-refractivity contribution in [2.24, 2.45) is 12.8 Å². The molecule has 1 aromatic carbocycles. The summed E-state index contributed by atoms with van der Waals surface area (Å²) in [6.07, 6.45) is 2.08. The van der Waals surface area contributed by atoms with Gasteiger partial charge in [-0.15, -0.1) is 0 Å². The molecule has 0 aliphatic carbocycles. The van der Waals surface area contributed by atoms with Crippen molar-refractivity contribution < 1.29 is 18.0 Å². The molecular formula is C20H27Cl2N5O4S. The van der Waals surface area contributed by atoms with Gasteiger partial charge in [-0.25, -0.2) is 4.72 Å². The van der Waals surface area contributed by atoms with E-state index in [0.717, 1.165) is 12.4 Å². The maximum Gasteiger partial charge on any atom is 0.303 e. The minimum Gasteiger partial charge on any atom is -0.345 e. The molecule has 32 heavy (non-hydrogen) atoms. The summed E-state index contributed by atoms with van der Waals surface area (Å²) >= 11 is 12.4. The van der Waals surface area contributed by atoms with Gasteiger partial charge in [0.2, 0.25) is 5.91 Å². The van der Waals surface area contributed by atoms with Crippen LogP contribution in [0.5, 0.6) is 0 Å². The molecule has 3 rings (SSSR count). The van der Waals surface area contributed by atoms with E-state index in [-0.39, 0.29) is 19.0 Å². The number of nitrogens with one attached hydrogen (secondary N) is 2. The first-order valence-electron chi connectivity index (χ1n) is 10.2. The standard InChI is InChI=1S/C20H27Cl2N5O4S/c1-13(28)25-32(30,31)27-10-7-20(8-11-27,6-3-9-23)24-19(29)17-12-14-16(26(17)2)5-4-15(21)18(14)22/h4-5,12H,3,6-11,23H2,1-2H3,(H,24,29)(H,25,28). The molecule has 1 aromatic heterocycles. The maximum absolute atomic E-state index is 13.3. The molecule has 2 heterocycles. The molecule has 1 aliphatic heterocycles. The lowest BCUT2D eigenvalue weighted by Crippen LogP contribution is -2.57. The Labute approximate surface area is 197 Å². The summed E-state index contributed by atoms with van der Waals surface area (Å²) in [6.45, 7) is 1.94. The number of nitrogens with two attached hydrogens (primary N) is 1. The molecule has 9 nitrogen and oxygen atoms in total. The van der Waals surface area contributed by atoms with Gasteiger partial charge >= 0.3 is 10.2 Å². The molecule has 1 aliphatic rings. The lowest BCUT2D eigenvalue weighted by atomic mass is 9.83. The first-order valence-corrected chi connectivity index (χ1v) is 12.4. The molecule has 2 amide bonds. The van der Waals surface area contributed by atoms with Gasteiger partial charge in [0, 0.05) is 43.5 Å². The van der Waals surface area contributed by atoms with E-state index in [1.54, 1.807) is 29.8 Å². The summed E-state index contributed by atoms with van der Waals surface area (Å²) in [7, 11) is -2.13. The van der Waals surface area contributed by atoms with Crippen LogP contribution in [0.2, 0.25) is 10.0 Å². The second-order valence-corrected chi connectivity index (χ2v) is 10.5. The van der Waals surface area contributed by atoms with Crippen LogP contribution in [0.4, 0.5) is 0 Å². The highest BCUT2D eigenvalue weighted by Crippen LogP contribution is 2.33. The number of benzene rings is 1. The van der Waals surface area contributed by atoms with Crippen LogP contribution in [-0.4, -0.2) is 54.3 Å². The number of halogens is 2. The van der Waals surface area contributed by atoms with Gasteiger partial charge in [0.1, 0.15) is 5.69 Å². The van der Waals surface area contributed by atoms with E-state index in [9.17, 15) is 18.0 Å². The third-order valence-corrected chi connectivity index (χ3v) is 8.29. The van der Waals surface area contributed by atoms with Crippen LogP contribution in [0.1, 0.15) is 43.1 Å². The fourth-order valence-electron chi connectivity index (χ4n) is 4.15. The van der Waals surface area contributed by atoms with E-state index in [4.69, 9.17) is 28.9 Å². The highest BCUT2D eigenvalue weighted by Gasteiger charge is 2.39. The van der Waals surface area contributed by atoms with E-state index in [1.165, 1.54) is 4.31 Å². The van der Waals surface area contributed by atoms with Gasteiger partial charge in [-0.1, -0.05) is 23.2 Å². The number of carbonyl (C=O) groups is 2. The zero-order chi connectivity index (χ0) is 23.7. The van der Waals surface area contributed by atoms with Gasteiger partial charge in [0.15, 0.2) is 0 Å². The number of carbonyl (C=O) groups excluding carboxylic acids is 2. The molecule has 1 saturated heterocycles. The summed E-state index contributed by atoms with van der Waals surface area (Å²) in [5.41, 5.74) is 6.29. The summed E-state index contributed by atoms with van der Waals surface area (Å²) < 4.78 is 29.6. The van der Waals surface area contributed by atoms with Crippen LogP contribution in [0, 0.1) is 0 Å². The molecule has 1 fully saturated rings. The Hall–Kier alpha value is -1.85. The Morgan fingerprint density at radius 3 is 2.47 bits per heavy atom. The van der Waals surface area contributed by atoms with Crippen LogP contribution in [0.3, 0.4) is 0 Å². The molecule has 2 aromatic rings. The minimum atomic E-state index is -3.90. The van der Waals surface area contributed by atoms with E-state index >= 15 is 0 Å². The average Bonchev–Trinajstić information content (AvgIpc) is 3.06. The highest BCUT2D eigenvalue weighted by molar-refractivity contribution is 7.87. The Morgan fingerprint density at radius 1 is 1.22 bits per heavy atom. The second-order valence-electron chi connectivity index (χ2n) is 8.07. The van der Waals surface area contributed by atoms with E-state index in [0.29, 0.717) is 53.4 Å². The first-order chi connectivity index (χ1) is 15.0. The number of aryl methyl sites for hydroxylation is 1. The predicted octanol–water partition coefficient (Wildman–Crippen LogP) is 2.17. The van der Waals surface area contributed by atoms with Crippen molar-refractivity contribution in [1.82, 2.24) is 18.9 Å². The molecule has 0 unspecified atom stereocenters. The third kappa shape index (κ3) is 5.04. The zero-order valence-corrected chi connectivity index (χ0v) is 20.3. The van der Waals surface area contributed by atoms with Gasteiger partial charge in [-0.2, -0.15) is 12.7 Å². The predicted molar refractivity (Wildman–Crippen MR) is 125 cm³/mol. The van der Waals surface area contributed by atoms with Crippen LogP contribution >= 0.6 is 23.2 Å². The van der Waals surface area contributed by atoms with Crippen molar-refractivity contribution in [2.45, 2.75) is 38.1 Å². The number of hydrogen-bond donors (Lipinski definition) is 3. The lowest BCUT2D eigenvalue weighted by Gasteiger charge is -2.42. The smallest absolute Gasteiger partial charge is 0.303 e. The average molecular weight is 504 g/mol. The summed E-state index contributed by atoms with van der Waals surface area (Å²) in [6, 6.07) is 5.18. The van der Waals surface area contributed by atoms with Crippen LogP contribution in [0.15, 0.2) is 18.2 Å². The molecule has 176 valence electrons. The van der Waals surface area contributed by atoms with Gasteiger partial charge in [-0.3, -0.25) is 9.59 Å². The number of nitrogens with zero attached hydrogens (tertiary/aromatic N) is 2. The van der Waals surface area contributed by atoms with Crippen molar-refractivity contribution >= 4 is 56.1 Å². The summed E-state index contributed by atoms with van der Waals surface area (Å²) in [5, 5.41) is 4.60. The molecule has 0 bridgehead atoms. The molecular weight excluding hydrogens is 477 g/mol. The molecule has 12 heteroatoms. The number of aromatic nitrogens is 1. The number of fused-ring (bicyclic) bond motifs is 1. The molecule has 0 radical (unpaired) electrons. The lowest BCUT2D eigenvalue weighted by molar-refractivity contribution is -0.117. The van der Waals surface area contributed by atoms with Gasteiger partial charge in [0.05, 0.1) is 10.0 Å². The zero-order valence-electron chi connectivity index (χ0n) is 18.0. The SMILES string of the molecule is CC(=O)NS(=O)(=O)N1CCC(CCCN)(NC(=O)c2cc3c(Cl)c(Cl)ccc3n2C)CC1. The van der Waals surface area contributed by atoms with Crippen molar-refractivity contribution in [3.8, 4) is 0 Å². The van der Waals surface area contributed by atoms with Gasteiger partial charge in [0.25, 0.3) is 5.91 Å². The van der Waals surface area contributed by atoms with Crippen LogP contribution in [0.25, 0.3) is 10.9 Å². The molecule has 0 spiro atoms. The molecule has 0 atom stereocenters. The van der Waals surface area contributed by atoms with Crippen molar-refractivity contribution in [3.05, 3.63) is 33.9 Å². The van der Waals surface area contributed by atoms with Gasteiger partial charge < -0.3 is 15.6 Å². The maximum atomic E-state index is 13.3. The number of hydrogen-bond acceptors (Lipinski definition) is 5. The Morgan fingerprint density at radius 2 is 1.88 bits per heavy atom. The first kappa shape index (κ1) is 24.8. The fraction of sp³-hybridized carbons (Fsp3) is 0.500. The summed E-state index contributed by atoms with van der Waals surface area (Å²) in [4.78, 5) is 24.5. The molecule has 4 N–H and O–H groups in total. The van der Waals surface area contributed by atoms with Crippen molar-refractivity contribution in [2.75, 3.05) is 19.6 Å². The van der Waals surface area contributed by atoms with E-state index < -0.39 is 21.7 Å². The minimum absolute atomic E-state index is 0.171. The number of piperidine rings is 1. The topological polar surface area (TPSA) is 127 Å². The van der Waals surface area contributed by atoms with Gasteiger partial charge in [-0.05, 0) is 50.4 Å². The monoisotopic (exact) mass is 503 g/mol. The van der Waals surface area contributed by atoms with Crippen molar-refractivity contribution in [1.29, 1.82) is 0 Å². The second kappa shape index (κ2) is 9.56. The Bertz CT molecular complexity index is 1140. The molecule has 0 saturated carbocycles. The largest absolute Gasteiger partial charge is 0.345 e. The number of rotatable bonds is 7. The van der Waals surface area contributed by atoms with Crippen molar-refractivity contribution in [3.63, 3.8) is 0 Å².